The van der Waals surface area contributed by atoms with E-state index in [1.165, 1.54) is 25.1 Å². The maximum Gasteiger partial charge on any atom is 0.315 e. The molecule has 52 heavy (non-hydrogen) atoms. The molecule has 1 aliphatic rings. The molecule has 14 nitrogen and oxygen atoms in total. The molecule has 1 aromatic carbocycles. The van der Waals surface area contributed by atoms with Crippen LogP contribution in [0.15, 0.2) is 18.2 Å². The maximum atomic E-state index is 14.2. The zero-order chi connectivity index (χ0) is 39.8. The molecule has 0 aromatic heterocycles. The predicted molar refractivity (Wildman–Crippen MR) is 193 cm³/mol. The lowest BCUT2D eigenvalue weighted by Crippen LogP contribution is -2.62. The van der Waals surface area contributed by atoms with Crippen LogP contribution in [0.5, 0.6) is 11.5 Å². The van der Waals surface area contributed by atoms with Crippen molar-refractivity contribution in [1.29, 1.82) is 0 Å². The molecule has 1 saturated heterocycles. The number of phenolic OH excluding ortho intramolecular Hbond substituents is 1. The molecule has 0 bridgehead atoms. The van der Waals surface area contributed by atoms with Crippen LogP contribution in [0.25, 0.3) is 0 Å². The summed E-state index contributed by atoms with van der Waals surface area (Å²) in [5.74, 6) is -2.06. The molecule has 5 N–H and O–H groups in total. The Bertz CT molecular complexity index is 1520. The summed E-state index contributed by atoms with van der Waals surface area (Å²) in [5, 5.41) is 20.4. The molecule has 0 aliphatic carbocycles. The molecule has 0 saturated carbocycles. The average Bonchev–Trinajstić information content (AvgIpc) is 3.46. The summed E-state index contributed by atoms with van der Waals surface area (Å²) in [4.78, 5) is 55.8. The minimum Gasteiger partial charge on any atom is -0.504 e. The number of alkyl halides is 2. The molecule has 0 spiro atoms. The van der Waals surface area contributed by atoms with Crippen molar-refractivity contribution in [2.24, 2.45) is 16.7 Å². The number of carbonyl (C=O) groups excluding carboxylic acids is 4. The third-order valence-electron chi connectivity index (χ3n) is 9.30. The van der Waals surface area contributed by atoms with Gasteiger partial charge >= 0.3 is 6.03 Å². The SMILES string of the molecule is CCC1C[C@@H](C(=O)N[C@@H](CC(F)F)C(=O)NCCc2ccc(O)c(OC)c2)N(C(=O)[C@@H](NC(=O)N[C@H](CN(C)S(C)(=O)=O)C(C)(C)C)C(C)(C)C)C1. The van der Waals surface area contributed by atoms with E-state index in [1.54, 1.807) is 32.9 Å². The first-order valence-electron chi connectivity index (χ1n) is 17.4. The number of phenols is 1. The molecule has 17 heteroatoms. The molecule has 0 radical (unpaired) electrons. The van der Waals surface area contributed by atoms with E-state index in [0.29, 0.717) is 18.4 Å². The lowest BCUT2D eigenvalue weighted by Gasteiger charge is -2.37. The van der Waals surface area contributed by atoms with Gasteiger partial charge in [-0.2, -0.15) is 0 Å². The first-order chi connectivity index (χ1) is 23.9. The second kappa shape index (κ2) is 18.3. The smallest absolute Gasteiger partial charge is 0.315 e. The molecule has 1 fully saturated rings. The minimum absolute atomic E-state index is 0.0185. The van der Waals surface area contributed by atoms with E-state index in [0.717, 1.165) is 10.6 Å². The number of hydrogen-bond donors (Lipinski definition) is 5. The second-order valence-electron chi connectivity index (χ2n) is 15.6. The van der Waals surface area contributed by atoms with Crippen molar-refractivity contribution in [1.82, 2.24) is 30.5 Å². The zero-order valence-electron chi connectivity index (χ0n) is 32.0. The first-order valence-corrected chi connectivity index (χ1v) is 19.2. The highest BCUT2D eigenvalue weighted by molar-refractivity contribution is 7.88. The van der Waals surface area contributed by atoms with Gasteiger partial charge in [0, 0.05) is 39.1 Å². The molecule has 5 amide bonds. The number of nitrogens with zero attached hydrogens (tertiary/aromatic N) is 2. The van der Waals surface area contributed by atoms with Crippen molar-refractivity contribution < 1.29 is 46.2 Å². The van der Waals surface area contributed by atoms with Crippen LogP contribution in [-0.2, 0) is 30.8 Å². The summed E-state index contributed by atoms with van der Waals surface area (Å²) < 4.78 is 57.7. The van der Waals surface area contributed by atoms with Crippen LogP contribution in [0.3, 0.4) is 0 Å². The molecule has 1 heterocycles. The molecule has 2 rings (SSSR count). The predicted octanol–water partition coefficient (Wildman–Crippen LogP) is 2.85. The topological polar surface area (TPSA) is 186 Å². The Kier molecular flexibility index (Phi) is 15.7. The number of likely N-dealkylation sites (tertiary alicyclic amines) is 1. The van der Waals surface area contributed by atoms with Crippen LogP contribution < -0.4 is 26.0 Å². The van der Waals surface area contributed by atoms with Gasteiger partial charge in [-0.15, -0.1) is 0 Å². The fourth-order valence-corrected chi connectivity index (χ4v) is 6.21. The van der Waals surface area contributed by atoms with Crippen molar-refractivity contribution in [3.63, 3.8) is 0 Å². The number of urea groups is 1. The fraction of sp³-hybridized carbons (Fsp3) is 0.714. The Balaban J connectivity index is 2.25. The van der Waals surface area contributed by atoms with E-state index in [9.17, 15) is 41.5 Å². The number of methoxy groups -OCH3 is 1. The summed E-state index contributed by atoms with van der Waals surface area (Å²) in [5.41, 5.74) is -0.703. The number of nitrogens with one attached hydrogen (secondary N) is 4. The van der Waals surface area contributed by atoms with E-state index < -0.39 is 81.6 Å². The monoisotopic (exact) mass is 760 g/mol. The van der Waals surface area contributed by atoms with E-state index in [-0.39, 0.29) is 43.5 Å². The van der Waals surface area contributed by atoms with Gasteiger partial charge in [-0.1, -0.05) is 61.0 Å². The number of aromatic hydroxyl groups is 1. The molecular weight excluding hydrogens is 702 g/mol. The highest BCUT2D eigenvalue weighted by atomic mass is 32.2. The molecular formula is C35H58F2N6O8S. The number of ether oxygens (including phenoxy) is 1. The Hall–Kier alpha value is -3.73. The summed E-state index contributed by atoms with van der Waals surface area (Å²) >= 11 is 0. The molecule has 1 unspecified atom stereocenters. The molecule has 1 aromatic rings. The number of amides is 5. The van der Waals surface area contributed by atoms with Crippen molar-refractivity contribution in [3.8, 4) is 11.5 Å². The summed E-state index contributed by atoms with van der Waals surface area (Å²) in [6, 6.07) is -0.505. The summed E-state index contributed by atoms with van der Waals surface area (Å²) in [6.45, 7) is 12.9. The number of hydrogen-bond acceptors (Lipinski definition) is 8. The van der Waals surface area contributed by atoms with E-state index in [4.69, 9.17) is 4.74 Å². The van der Waals surface area contributed by atoms with E-state index in [1.807, 2.05) is 27.7 Å². The van der Waals surface area contributed by atoms with Crippen LogP contribution in [0.2, 0.25) is 0 Å². The van der Waals surface area contributed by atoms with Gasteiger partial charge in [0.05, 0.1) is 13.4 Å². The third-order valence-corrected chi connectivity index (χ3v) is 10.6. The zero-order valence-corrected chi connectivity index (χ0v) is 32.8. The van der Waals surface area contributed by atoms with Gasteiger partial charge in [0.1, 0.15) is 18.1 Å². The lowest BCUT2D eigenvalue weighted by molar-refractivity contribution is -0.142. The normalized spacial score (nSPS) is 18.5. The van der Waals surface area contributed by atoms with Crippen LogP contribution >= 0.6 is 0 Å². The Labute approximate surface area is 306 Å². The number of benzene rings is 1. The lowest BCUT2D eigenvalue weighted by atomic mass is 9.85. The van der Waals surface area contributed by atoms with Gasteiger partial charge in [-0.3, -0.25) is 14.4 Å². The fourth-order valence-electron chi connectivity index (χ4n) is 5.79. The van der Waals surface area contributed by atoms with E-state index >= 15 is 0 Å². The van der Waals surface area contributed by atoms with Crippen LogP contribution in [0, 0.1) is 16.7 Å². The minimum atomic E-state index is -3.54. The molecule has 5 atom stereocenters. The average molecular weight is 761 g/mol. The Morgan fingerprint density at radius 3 is 2.21 bits per heavy atom. The highest BCUT2D eigenvalue weighted by Crippen LogP contribution is 2.31. The van der Waals surface area contributed by atoms with Crippen molar-refractivity contribution in [2.75, 3.05) is 40.0 Å². The quantitative estimate of drug-likeness (QED) is 0.170. The van der Waals surface area contributed by atoms with Crippen molar-refractivity contribution in [3.05, 3.63) is 23.8 Å². The van der Waals surface area contributed by atoms with Crippen LogP contribution in [0.1, 0.15) is 73.3 Å². The Morgan fingerprint density at radius 1 is 1.06 bits per heavy atom. The van der Waals surface area contributed by atoms with Crippen LogP contribution in [0.4, 0.5) is 13.6 Å². The number of halogens is 2. The van der Waals surface area contributed by atoms with Crippen molar-refractivity contribution in [2.45, 2.75) is 105 Å². The van der Waals surface area contributed by atoms with Gasteiger partial charge < -0.3 is 36.0 Å². The van der Waals surface area contributed by atoms with Crippen LogP contribution in [-0.4, -0.2) is 117 Å². The van der Waals surface area contributed by atoms with E-state index in [2.05, 4.69) is 21.3 Å². The first kappa shape index (κ1) is 44.4. The molecule has 296 valence electrons. The number of rotatable bonds is 16. The summed E-state index contributed by atoms with van der Waals surface area (Å²) in [7, 11) is -0.744. The van der Waals surface area contributed by atoms with Crippen molar-refractivity contribution >= 4 is 33.8 Å². The standard InChI is InChI=1S/C35H58F2N6O8S/c1-11-21-16-24(31(46)39-23(18-28(36)37)30(45)38-15-14-22-12-13-25(44)26(17-22)51-9)43(19-21)32(47)29(35(5,6)7)41-33(48)40-27(34(2,3)4)20-42(8)52(10,49)50/h12-13,17,21,23-24,27-29,44H,11,14-16,18-20H2,1-10H3,(H,38,45)(H,39,46)(H2,40,41,48)/t21?,23-,24-,27+,29+/m0/s1. The summed E-state index contributed by atoms with van der Waals surface area (Å²) in [6.07, 6.45) is -1.66. The number of carbonyl (C=O) groups is 4. The maximum absolute atomic E-state index is 14.2. The van der Waals surface area contributed by atoms with Gasteiger partial charge in [-0.05, 0) is 47.3 Å². The third kappa shape index (κ3) is 13.0. The van der Waals surface area contributed by atoms with Gasteiger partial charge in [0.2, 0.25) is 34.2 Å². The highest BCUT2D eigenvalue weighted by Gasteiger charge is 2.45. The second-order valence-corrected chi connectivity index (χ2v) is 17.7. The van der Waals surface area contributed by atoms with Gasteiger partial charge in [0.15, 0.2) is 11.5 Å². The van der Waals surface area contributed by atoms with Gasteiger partial charge in [0.25, 0.3) is 0 Å². The number of likely N-dealkylation sites (N-methyl/N-ethyl adjacent to an activating group) is 1. The van der Waals surface area contributed by atoms with Gasteiger partial charge in [-0.25, -0.2) is 26.3 Å². The largest absolute Gasteiger partial charge is 0.504 e. The Morgan fingerprint density at radius 2 is 1.69 bits per heavy atom. The number of sulfonamides is 1. The molecule has 1 aliphatic heterocycles.